The highest BCUT2D eigenvalue weighted by atomic mass is 16.5. The molecule has 0 spiro atoms. The molecular weight excluding hydrogens is 344 g/mol. The Kier molecular flexibility index (Phi) is 4.67. The lowest BCUT2D eigenvalue weighted by atomic mass is 9.91. The summed E-state index contributed by atoms with van der Waals surface area (Å²) < 4.78 is 16.5. The molecule has 2 aromatic carbocycles. The van der Waals surface area contributed by atoms with Crippen molar-refractivity contribution in [2.75, 3.05) is 6.61 Å². The first-order valence-electron chi connectivity index (χ1n) is 9.20. The number of ether oxygens (including phenoxy) is 2. The number of fused-ring (bicyclic) bond motifs is 3. The van der Waals surface area contributed by atoms with E-state index in [9.17, 15) is 9.59 Å². The van der Waals surface area contributed by atoms with Crippen LogP contribution in [0.2, 0.25) is 0 Å². The summed E-state index contributed by atoms with van der Waals surface area (Å²) in [5.74, 6) is 0.294. The number of hydrogen-bond donors (Lipinski definition) is 0. The van der Waals surface area contributed by atoms with E-state index >= 15 is 0 Å². The zero-order chi connectivity index (χ0) is 18.8. The monoisotopic (exact) mass is 364 g/mol. The fourth-order valence-corrected chi connectivity index (χ4v) is 3.57. The van der Waals surface area contributed by atoms with Crippen LogP contribution in [0.3, 0.4) is 0 Å². The van der Waals surface area contributed by atoms with Gasteiger partial charge in [-0.1, -0.05) is 12.1 Å². The van der Waals surface area contributed by atoms with Gasteiger partial charge in [-0.25, -0.2) is 9.59 Å². The molecule has 5 heteroatoms. The topological polar surface area (TPSA) is 65.7 Å². The van der Waals surface area contributed by atoms with Gasteiger partial charge in [-0.3, -0.25) is 0 Å². The van der Waals surface area contributed by atoms with E-state index < -0.39 is 5.97 Å². The molecule has 5 nitrogen and oxygen atoms in total. The molecule has 0 fully saturated rings. The van der Waals surface area contributed by atoms with Crippen LogP contribution < -0.4 is 15.1 Å². The Morgan fingerprint density at radius 2 is 1.85 bits per heavy atom. The summed E-state index contributed by atoms with van der Waals surface area (Å²) in [6, 6.07) is 12.1. The van der Waals surface area contributed by atoms with Crippen LogP contribution in [-0.4, -0.2) is 12.6 Å². The molecule has 1 heterocycles. The number of aryl methyl sites for hydroxylation is 1. The molecule has 0 radical (unpaired) electrons. The highest BCUT2D eigenvalue weighted by molar-refractivity contribution is 5.94. The minimum absolute atomic E-state index is 0.289. The van der Waals surface area contributed by atoms with Crippen molar-refractivity contribution < 1.29 is 18.7 Å². The molecule has 0 aliphatic heterocycles. The Labute approximate surface area is 156 Å². The van der Waals surface area contributed by atoms with Gasteiger partial charge in [-0.2, -0.15) is 0 Å². The van der Waals surface area contributed by atoms with Crippen molar-refractivity contribution in [3.63, 3.8) is 0 Å². The van der Waals surface area contributed by atoms with Crippen LogP contribution in [-0.2, 0) is 12.8 Å². The maximum atomic E-state index is 12.6. The second kappa shape index (κ2) is 7.27. The quantitative estimate of drug-likeness (QED) is 0.392. The Hall–Kier alpha value is -3.08. The SMILES string of the molecule is CCOc1ccccc1C(=O)Oc1ccc2c3c(c(=O)oc2c1)CCCC3. The lowest BCUT2D eigenvalue weighted by Gasteiger charge is -2.16. The van der Waals surface area contributed by atoms with Gasteiger partial charge in [0.25, 0.3) is 0 Å². The number of rotatable bonds is 4. The van der Waals surface area contributed by atoms with Crippen molar-refractivity contribution in [1.82, 2.24) is 0 Å². The Morgan fingerprint density at radius 1 is 1.07 bits per heavy atom. The van der Waals surface area contributed by atoms with E-state index in [2.05, 4.69) is 0 Å². The van der Waals surface area contributed by atoms with Gasteiger partial charge in [0, 0.05) is 17.0 Å². The van der Waals surface area contributed by atoms with Crippen LogP contribution in [0.4, 0.5) is 0 Å². The average molecular weight is 364 g/mol. The van der Waals surface area contributed by atoms with Gasteiger partial charge in [0.05, 0.1) is 6.61 Å². The standard InChI is InChI=1S/C22H20O5/c1-2-25-19-10-6-5-9-18(19)22(24)26-14-11-12-16-15-7-3-4-8-17(15)21(23)27-20(16)13-14/h5-6,9-13H,2-4,7-8H2,1H3. The molecule has 0 bridgehead atoms. The van der Waals surface area contributed by atoms with Crippen LogP contribution in [0.15, 0.2) is 51.7 Å². The van der Waals surface area contributed by atoms with E-state index in [-0.39, 0.29) is 5.63 Å². The molecule has 3 aromatic rings. The lowest BCUT2D eigenvalue weighted by molar-refractivity contribution is 0.0730. The van der Waals surface area contributed by atoms with Gasteiger partial charge in [0.1, 0.15) is 22.6 Å². The van der Waals surface area contributed by atoms with Gasteiger partial charge in [-0.15, -0.1) is 0 Å². The second-order valence-electron chi connectivity index (χ2n) is 6.53. The first kappa shape index (κ1) is 17.3. The number of carbonyl (C=O) groups excluding carboxylic acids is 1. The molecule has 138 valence electrons. The van der Waals surface area contributed by atoms with E-state index in [1.165, 1.54) is 0 Å². The van der Waals surface area contributed by atoms with E-state index in [4.69, 9.17) is 13.9 Å². The minimum Gasteiger partial charge on any atom is -0.493 e. The maximum absolute atomic E-state index is 12.6. The molecule has 1 aromatic heterocycles. The zero-order valence-corrected chi connectivity index (χ0v) is 15.1. The van der Waals surface area contributed by atoms with Crippen molar-refractivity contribution in [3.8, 4) is 11.5 Å². The Morgan fingerprint density at radius 3 is 2.67 bits per heavy atom. The first-order valence-corrected chi connectivity index (χ1v) is 9.20. The predicted molar refractivity (Wildman–Crippen MR) is 102 cm³/mol. The van der Waals surface area contributed by atoms with E-state index in [1.807, 2.05) is 13.0 Å². The summed E-state index contributed by atoms with van der Waals surface area (Å²) in [6.07, 6.45) is 3.71. The molecule has 27 heavy (non-hydrogen) atoms. The molecule has 0 unspecified atom stereocenters. The average Bonchev–Trinajstić information content (AvgIpc) is 2.69. The van der Waals surface area contributed by atoms with Crippen molar-refractivity contribution in [2.45, 2.75) is 32.6 Å². The molecular formula is C22H20O5. The molecule has 1 aliphatic carbocycles. The van der Waals surface area contributed by atoms with Crippen LogP contribution in [0.25, 0.3) is 11.0 Å². The predicted octanol–water partition coefficient (Wildman–Crippen LogP) is 4.29. The smallest absolute Gasteiger partial charge is 0.347 e. The second-order valence-corrected chi connectivity index (χ2v) is 6.53. The first-order chi connectivity index (χ1) is 13.2. The minimum atomic E-state index is -0.515. The van der Waals surface area contributed by atoms with E-state index in [1.54, 1.807) is 36.4 Å². The fraction of sp³-hybridized carbons (Fsp3) is 0.273. The number of benzene rings is 2. The van der Waals surface area contributed by atoms with Crippen molar-refractivity contribution in [3.05, 3.63) is 69.6 Å². The molecule has 4 rings (SSSR count). The van der Waals surface area contributed by atoms with Crippen LogP contribution in [0.5, 0.6) is 11.5 Å². The fourth-order valence-electron chi connectivity index (χ4n) is 3.57. The van der Waals surface area contributed by atoms with Crippen molar-refractivity contribution >= 4 is 16.9 Å². The maximum Gasteiger partial charge on any atom is 0.347 e. The van der Waals surface area contributed by atoms with Crippen LogP contribution in [0, 0.1) is 0 Å². The number of carbonyl (C=O) groups is 1. The number of esters is 1. The zero-order valence-electron chi connectivity index (χ0n) is 15.1. The highest BCUT2D eigenvalue weighted by Gasteiger charge is 2.19. The summed E-state index contributed by atoms with van der Waals surface area (Å²) in [7, 11) is 0. The normalized spacial score (nSPS) is 13.2. The molecule has 0 amide bonds. The molecule has 0 atom stereocenters. The summed E-state index contributed by atoms with van der Waals surface area (Å²) in [4.78, 5) is 24.8. The number of hydrogen-bond acceptors (Lipinski definition) is 5. The molecule has 0 saturated heterocycles. The largest absolute Gasteiger partial charge is 0.493 e. The third kappa shape index (κ3) is 3.33. The number of para-hydroxylation sites is 1. The molecule has 1 aliphatic rings. The summed E-state index contributed by atoms with van der Waals surface area (Å²) in [6.45, 7) is 2.31. The summed E-state index contributed by atoms with van der Waals surface area (Å²) in [5.41, 5.74) is 2.36. The van der Waals surface area contributed by atoms with Gasteiger partial charge >= 0.3 is 11.6 Å². The summed E-state index contributed by atoms with van der Waals surface area (Å²) in [5, 5.41) is 0.916. The highest BCUT2D eigenvalue weighted by Crippen LogP contribution is 2.29. The molecule has 0 saturated carbocycles. The van der Waals surface area contributed by atoms with Crippen LogP contribution in [0.1, 0.15) is 41.3 Å². The summed E-state index contributed by atoms with van der Waals surface area (Å²) >= 11 is 0. The van der Waals surface area contributed by atoms with E-state index in [0.717, 1.165) is 42.2 Å². The lowest BCUT2D eigenvalue weighted by Crippen LogP contribution is -2.16. The van der Waals surface area contributed by atoms with Crippen LogP contribution >= 0.6 is 0 Å². The van der Waals surface area contributed by atoms with Crippen molar-refractivity contribution in [1.29, 1.82) is 0 Å². The van der Waals surface area contributed by atoms with Gasteiger partial charge in [0.2, 0.25) is 0 Å². The van der Waals surface area contributed by atoms with Crippen molar-refractivity contribution in [2.24, 2.45) is 0 Å². The third-order valence-corrected chi connectivity index (χ3v) is 4.81. The molecule has 0 N–H and O–H groups in total. The van der Waals surface area contributed by atoms with Gasteiger partial charge < -0.3 is 13.9 Å². The Balaban J connectivity index is 1.67. The van der Waals surface area contributed by atoms with E-state index in [0.29, 0.717) is 29.3 Å². The third-order valence-electron chi connectivity index (χ3n) is 4.81. The van der Waals surface area contributed by atoms with Gasteiger partial charge in [0.15, 0.2) is 0 Å². The van der Waals surface area contributed by atoms with Gasteiger partial charge in [-0.05, 0) is 62.4 Å². The Bertz CT molecular complexity index is 1060.